The van der Waals surface area contributed by atoms with Gasteiger partial charge in [-0.2, -0.15) is 0 Å². The van der Waals surface area contributed by atoms with Crippen molar-refractivity contribution in [3.05, 3.63) is 0 Å². The minimum absolute atomic E-state index is 0.0603. The quantitative estimate of drug-likeness (QED) is 0.624. The van der Waals surface area contributed by atoms with Gasteiger partial charge in [0.2, 0.25) is 0 Å². The highest BCUT2D eigenvalue weighted by atomic mass is 28.4. The molecular formula is C13H34O3Si3. The minimum atomic E-state index is -1.58. The van der Waals surface area contributed by atoms with Crippen molar-refractivity contribution in [2.45, 2.75) is 78.1 Å². The Kier molecular flexibility index (Phi) is 7.19. The van der Waals surface area contributed by atoms with Crippen LogP contribution in [0.1, 0.15) is 6.92 Å². The van der Waals surface area contributed by atoms with Gasteiger partial charge < -0.3 is 13.3 Å². The molecule has 0 aromatic heterocycles. The summed E-state index contributed by atoms with van der Waals surface area (Å²) < 4.78 is 18.5. The molecular weight excluding hydrogens is 288 g/mol. The van der Waals surface area contributed by atoms with E-state index >= 15 is 0 Å². The first-order valence-electron chi connectivity index (χ1n) is 7.19. The molecule has 0 aliphatic carbocycles. The van der Waals surface area contributed by atoms with E-state index < -0.39 is 25.0 Å². The molecule has 116 valence electrons. The molecule has 0 saturated heterocycles. The third-order valence-corrected chi connectivity index (χ3v) is 5.37. The van der Waals surface area contributed by atoms with Gasteiger partial charge in [-0.05, 0) is 65.8 Å². The second-order valence-electron chi connectivity index (χ2n) is 8.13. The van der Waals surface area contributed by atoms with Crippen molar-refractivity contribution >= 4 is 25.0 Å². The zero-order valence-corrected chi connectivity index (χ0v) is 17.6. The highest BCUT2D eigenvalue weighted by Crippen LogP contribution is 2.18. The van der Waals surface area contributed by atoms with Gasteiger partial charge in [0.25, 0.3) is 0 Å². The molecule has 0 N–H and O–H groups in total. The van der Waals surface area contributed by atoms with E-state index in [1.54, 1.807) is 0 Å². The molecule has 0 aliphatic heterocycles. The molecule has 2 unspecified atom stereocenters. The van der Waals surface area contributed by atoms with Crippen molar-refractivity contribution in [3.8, 4) is 0 Å². The molecule has 0 heterocycles. The van der Waals surface area contributed by atoms with Crippen LogP contribution in [0.15, 0.2) is 0 Å². The van der Waals surface area contributed by atoms with Crippen molar-refractivity contribution in [2.24, 2.45) is 0 Å². The van der Waals surface area contributed by atoms with Crippen molar-refractivity contribution in [1.29, 1.82) is 0 Å². The molecule has 0 radical (unpaired) electrons. The first-order chi connectivity index (χ1) is 8.20. The fraction of sp³-hybridized carbons (Fsp3) is 1.00. The third kappa shape index (κ3) is 12.0. The second-order valence-corrected chi connectivity index (χ2v) is 21.6. The minimum Gasteiger partial charge on any atom is -0.415 e. The largest absolute Gasteiger partial charge is 0.415 e. The van der Waals surface area contributed by atoms with Crippen LogP contribution in [0, 0.1) is 0 Å². The predicted molar refractivity (Wildman–Crippen MR) is 91.4 cm³/mol. The molecule has 0 aromatic carbocycles. The molecule has 3 nitrogen and oxygen atoms in total. The number of hydrogen-bond acceptors (Lipinski definition) is 3. The molecule has 0 aromatic rings. The molecule has 6 heteroatoms. The standard InChI is InChI=1S/C13H34O3Si3/c1-12(15-18(5,6)7)13(16-19(8,9)10)11-14-17(2,3)4/h12-13H,11H2,1-10H3. The van der Waals surface area contributed by atoms with E-state index in [1.807, 2.05) is 0 Å². The summed E-state index contributed by atoms with van der Waals surface area (Å²) in [4.78, 5) is 0. The highest BCUT2D eigenvalue weighted by molar-refractivity contribution is 6.70. The summed E-state index contributed by atoms with van der Waals surface area (Å²) in [6, 6.07) is 0. The van der Waals surface area contributed by atoms with E-state index in [1.165, 1.54) is 0 Å². The van der Waals surface area contributed by atoms with Gasteiger partial charge in [-0.1, -0.05) is 0 Å². The van der Waals surface area contributed by atoms with Crippen molar-refractivity contribution < 1.29 is 13.3 Å². The van der Waals surface area contributed by atoms with E-state index in [0.29, 0.717) is 6.61 Å². The zero-order valence-electron chi connectivity index (χ0n) is 14.6. The molecule has 0 aliphatic rings. The van der Waals surface area contributed by atoms with Crippen molar-refractivity contribution in [1.82, 2.24) is 0 Å². The predicted octanol–water partition coefficient (Wildman–Crippen LogP) is 4.30. The van der Waals surface area contributed by atoms with Crippen LogP contribution in [0.4, 0.5) is 0 Å². The van der Waals surface area contributed by atoms with Crippen LogP contribution in [0.2, 0.25) is 58.9 Å². The summed E-state index contributed by atoms with van der Waals surface area (Å²) in [5.74, 6) is 0. The fourth-order valence-electron chi connectivity index (χ4n) is 1.69. The summed E-state index contributed by atoms with van der Waals surface area (Å²) in [5, 5.41) is 0. The molecule has 19 heavy (non-hydrogen) atoms. The van der Waals surface area contributed by atoms with Gasteiger partial charge in [0.05, 0.1) is 18.8 Å². The average Bonchev–Trinajstić information content (AvgIpc) is 2.05. The van der Waals surface area contributed by atoms with Gasteiger partial charge in [0.1, 0.15) is 0 Å². The molecule has 0 amide bonds. The summed E-state index contributed by atoms with van der Waals surface area (Å²) in [6.45, 7) is 22.7. The summed E-state index contributed by atoms with van der Waals surface area (Å²) in [5.41, 5.74) is 0. The third-order valence-electron chi connectivity index (χ3n) is 2.25. The maximum absolute atomic E-state index is 6.27. The SMILES string of the molecule is CC(O[Si](C)(C)C)C(CO[Si](C)(C)C)O[Si](C)(C)C. The fourth-order valence-corrected chi connectivity index (χ4v) is 4.78. The van der Waals surface area contributed by atoms with E-state index in [9.17, 15) is 0 Å². The first-order valence-corrected chi connectivity index (χ1v) is 17.4. The van der Waals surface area contributed by atoms with Crippen LogP contribution in [0.5, 0.6) is 0 Å². The van der Waals surface area contributed by atoms with Crippen LogP contribution in [0.25, 0.3) is 0 Å². The van der Waals surface area contributed by atoms with Gasteiger partial charge in [0, 0.05) is 0 Å². The van der Waals surface area contributed by atoms with E-state index in [0.717, 1.165) is 0 Å². The van der Waals surface area contributed by atoms with Crippen LogP contribution < -0.4 is 0 Å². The van der Waals surface area contributed by atoms with Crippen molar-refractivity contribution in [2.75, 3.05) is 6.61 Å². The summed E-state index contributed by atoms with van der Waals surface area (Å²) in [6.07, 6.45) is 0.167. The first kappa shape index (κ1) is 19.5. The molecule has 0 fully saturated rings. The van der Waals surface area contributed by atoms with E-state index in [4.69, 9.17) is 13.3 Å². The summed E-state index contributed by atoms with van der Waals surface area (Å²) in [7, 11) is -4.63. The number of hydrogen-bond donors (Lipinski definition) is 0. The Morgan fingerprint density at radius 3 is 1.42 bits per heavy atom. The van der Waals surface area contributed by atoms with Crippen LogP contribution in [0.3, 0.4) is 0 Å². The van der Waals surface area contributed by atoms with E-state index in [2.05, 4.69) is 65.8 Å². The van der Waals surface area contributed by atoms with Crippen LogP contribution in [-0.2, 0) is 13.3 Å². The Morgan fingerprint density at radius 1 is 0.684 bits per heavy atom. The number of rotatable bonds is 8. The summed E-state index contributed by atoms with van der Waals surface area (Å²) >= 11 is 0. The smallest absolute Gasteiger partial charge is 0.184 e. The molecule has 0 spiro atoms. The Balaban J connectivity index is 4.66. The maximum atomic E-state index is 6.27. The molecule has 0 saturated carbocycles. The molecule has 0 bridgehead atoms. The lowest BCUT2D eigenvalue weighted by molar-refractivity contribution is 0.0214. The lowest BCUT2D eigenvalue weighted by Gasteiger charge is -2.35. The van der Waals surface area contributed by atoms with Crippen molar-refractivity contribution in [3.63, 3.8) is 0 Å². The molecule has 0 rings (SSSR count). The Hall–Kier alpha value is 0.531. The van der Waals surface area contributed by atoms with Gasteiger partial charge in [0.15, 0.2) is 25.0 Å². The Bertz CT molecular complexity index is 264. The van der Waals surface area contributed by atoms with Crippen LogP contribution in [-0.4, -0.2) is 43.8 Å². The van der Waals surface area contributed by atoms with Crippen LogP contribution >= 0.6 is 0 Å². The monoisotopic (exact) mass is 322 g/mol. The molecule has 2 atom stereocenters. The van der Waals surface area contributed by atoms with E-state index in [-0.39, 0.29) is 12.2 Å². The Labute approximate surface area is 123 Å². The zero-order chi connectivity index (χ0) is 15.5. The van der Waals surface area contributed by atoms with Gasteiger partial charge in [-0.25, -0.2) is 0 Å². The normalized spacial score (nSPS) is 17.4. The topological polar surface area (TPSA) is 27.7 Å². The highest BCUT2D eigenvalue weighted by Gasteiger charge is 2.30. The lowest BCUT2D eigenvalue weighted by Crippen LogP contribution is -2.46. The maximum Gasteiger partial charge on any atom is 0.184 e. The Morgan fingerprint density at radius 2 is 1.11 bits per heavy atom. The average molecular weight is 323 g/mol. The van der Waals surface area contributed by atoms with Gasteiger partial charge >= 0.3 is 0 Å². The second kappa shape index (κ2) is 7.00. The lowest BCUT2D eigenvalue weighted by atomic mass is 10.2. The van der Waals surface area contributed by atoms with Gasteiger partial charge in [-0.3, -0.25) is 0 Å². The van der Waals surface area contributed by atoms with Gasteiger partial charge in [-0.15, -0.1) is 0 Å².